The Morgan fingerprint density at radius 1 is 1.12 bits per heavy atom. The number of nitrogens with zero attached hydrogens (tertiary/aromatic N) is 3. The number of rotatable bonds is 5. The molecular weight excluding hydrogens is 443 g/mol. The van der Waals surface area contributed by atoms with Crippen molar-refractivity contribution in [2.45, 2.75) is 18.7 Å². The summed E-state index contributed by atoms with van der Waals surface area (Å²) in [6, 6.07) is 7.71. The first-order valence-electron chi connectivity index (χ1n) is 9.26. The standard InChI is InChI=1S/C21H16F3N5O2S/c1-20(31,12-3-2-4-13(7-12)21(22,23)24)19-26-9-16(29-19)15-6-5-14(8-25-15)28-18(30)17-10-32-11-27-17/h2-11,31H,1H3,(H,26,29)(H,28,30). The number of aliphatic hydroxyl groups is 1. The number of carbonyl (C=O) groups excluding carboxylic acids is 1. The zero-order chi connectivity index (χ0) is 22.9. The Kier molecular flexibility index (Phi) is 5.53. The molecule has 4 rings (SSSR count). The minimum absolute atomic E-state index is 0.0429. The maximum atomic E-state index is 13.0. The SMILES string of the molecule is CC(O)(c1cccc(C(F)(F)F)c1)c1nc(-c2ccc(NC(=O)c3cscn3)cn2)c[nH]1. The summed E-state index contributed by atoms with van der Waals surface area (Å²) < 4.78 is 39.1. The number of thiazole rings is 1. The van der Waals surface area contributed by atoms with Gasteiger partial charge in [-0.25, -0.2) is 9.97 Å². The van der Waals surface area contributed by atoms with Crippen LogP contribution in [0.25, 0.3) is 11.4 Å². The number of hydrogen-bond acceptors (Lipinski definition) is 6. The Bertz CT molecular complexity index is 1240. The van der Waals surface area contributed by atoms with Gasteiger partial charge >= 0.3 is 6.18 Å². The first-order chi connectivity index (χ1) is 15.1. The summed E-state index contributed by atoms with van der Waals surface area (Å²) in [5, 5.41) is 15.2. The Labute approximate surface area is 184 Å². The summed E-state index contributed by atoms with van der Waals surface area (Å²) in [5.41, 5.74) is 0.524. The second-order valence-corrected chi connectivity index (χ2v) is 7.76. The van der Waals surface area contributed by atoms with E-state index in [1.165, 1.54) is 42.8 Å². The van der Waals surface area contributed by atoms with Crippen molar-refractivity contribution in [2.75, 3.05) is 5.32 Å². The number of amides is 1. The maximum Gasteiger partial charge on any atom is 0.416 e. The number of carbonyl (C=O) groups is 1. The van der Waals surface area contributed by atoms with Crippen LogP contribution in [0.2, 0.25) is 0 Å². The summed E-state index contributed by atoms with van der Waals surface area (Å²) in [7, 11) is 0. The molecule has 164 valence electrons. The van der Waals surface area contributed by atoms with Gasteiger partial charge in [-0.15, -0.1) is 11.3 Å². The van der Waals surface area contributed by atoms with E-state index in [9.17, 15) is 23.1 Å². The largest absolute Gasteiger partial charge is 0.416 e. The second kappa shape index (κ2) is 8.17. The van der Waals surface area contributed by atoms with Crippen molar-refractivity contribution in [1.29, 1.82) is 0 Å². The number of pyridine rings is 1. The molecule has 1 unspecified atom stereocenters. The Morgan fingerprint density at radius 2 is 1.91 bits per heavy atom. The molecule has 0 aliphatic carbocycles. The van der Waals surface area contributed by atoms with Gasteiger partial charge in [-0.3, -0.25) is 9.78 Å². The van der Waals surface area contributed by atoms with Crippen LogP contribution < -0.4 is 5.32 Å². The van der Waals surface area contributed by atoms with Crippen molar-refractivity contribution in [3.63, 3.8) is 0 Å². The minimum Gasteiger partial charge on any atom is -0.377 e. The van der Waals surface area contributed by atoms with Crippen LogP contribution in [0.15, 0.2) is 59.7 Å². The van der Waals surface area contributed by atoms with Gasteiger partial charge in [-0.1, -0.05) is 12.1 Å². The molecular formula is C21H16F3N5O2S. The van der Waals surface area contributed by atoms with Gasteiger partial charge in [0.15, 0.2) is 0 Å². The quantitative estimate of drug-likeness (QED) is 0.409. The number of aromatic nitrogens is 4. The van der Waals surface area contributed by atoms with Crippen LogP contribution in [-0.4, -0.2) is 30.9 Å². The van der Waals surface area contributed by atoms with E-state index in [0.29, 0.717) is 22.8 Å². The van der Waals surface area contributed by atoms with Crippen LogP contribution in [-0.2, 0) is 11.8 Å². The van der Waals surface area contributed by atoms with Crippen molar-refractivity contribution in [1.82, 2.24) is 19.9 Å². The van der Waals surface area contributed by atoms with Crippen LogP contribution in [0.3, 0.4) is 0 Å². The average molecular weight is 459 g/mol. The summed E-state index contributed by atoms with van der Waals surface area (Å²) >= 11 is 1.31. The molecule has 11 heteroatoms. The van der Waals surface area contributed by atoms with E-state index in [-0.39, 0.29) is 17.3 Å². The number of anilines is 1. The molecule has 32 heavy (non-hydrogen) atoms. The van der Waals surface area contributed by atoms with Gasteiger partial charge in [0.05, 0.1) is 28.7 Å². The third-order valence-electron chi connectivity index (χ3n) is 4.74. The highest BCUT2D eigenvalue weighted by Gasteiger charge is 2.34. The first kappa shape index (κ1) is 21.7. The average Bonchev–Trinajstić information content (AvgIpc) is 3.46. The monoisotopic (exact) mass is 459 g/mol. The third kappa shape index (κ3) is 4.39. The highest BCUT2D eigenvalue weighted by atomic mass is 32.1. The van der Waals surface area contributed by atoms with Crippen LogP contribution in [0.4, 0.5) is 18.9 Å². The molecule has 0 fully saturated rings. The Morgan fingerprint density at radius 3 is 2.56 bits per heavy atom. The van der Waals surface area contributed by atoms with Gasteiger partial charge in [-0.05, 0) is 36.8 Å². The number of imidazole rings is 1. The lowest BCUT2D eigenvalue weighted by atomic mass is 9.93. The lowest BCUT2D eigenvalue weighted by Gasteiger charge is -2.22. The number of H-pyrrole nitrogens is 1. The number of hydrogen-bond donors (Lipinski definition) is 3. The van der Waals surface area contributed by atoms with Crippen LogP contribution in [0, 0.1) is 0 Å². The molecule has 0 aliphatic heterocycles. The zero-order valence-corrected chi connectivity index (χ0v) is 17.3. The molecule has 1 aromatic carbocycles. The molecule has 1 atom stereocenters. The van der Waals surface area contributed by atoms with Gasteiger partial charge < -0.3 is 15.4 Å². The number of halogens is 3. The van der Waals surface area contributed by atoms with Crippen molar-refractivity contribution in [3.8, 4) is 11.4 Å². The van der Waals surface area contributed by atoms with Crippen molar-refractivity contribution >= 4 is 22.9 Å². The number of benzene rings is 1. The van der Waals surface area contributed by atoms with E-state index in [1.54, 1.807) is 23.0 Å². The van der Waals surface area contributed by atoms with E-state index < -0.39 is 17.3 Å². The third-order valence-corrected chi connectivity index (χ3v) is 5.33. The van der Waals surface area contributed by atoms with Gasteiger partial charge in [0.1, 0.15) is 22.8 Å². The van der Waals surface area contributed by atoms with E-state index >= 15 is 0 Å². The fourth-order valence-corrected chi connectivity index (χ4v) is 3.51. The predicted octanol–water partition coefficient (Wildman–Crippen LogP) is 4.46. The molecule has 0 saturated carbocycles. The summed E-state index contributed by atoms with van der Waals surface area (Å²) in [4.78, 5) is 27.4. The van der Waals surface area contributed by atoms with Crippen molar-refractivity contribution in [2.24, 2.45) is 0 Å². The van der Waals surface area contributed by atoms with Crippen molar-refractivity contribution < 1.29 is 23.1 Å². The molecule has 4 aromatic rings. The van der Waals surface area contributed by atoms with E-state index in [1.807, 2.05) is 0 Å². The zero-order valence-electron chi connectivity index (χ0n) is 16.5. The molecule has 0 saturated heterocycles. The Balaban J connectivity index is 1.54. The lowest BCUT2D eigenvalue weighted by Crippen LogP contribution is -2.25. The number of aromatic amines is 1. The maximum absolute atomic E-state index is 13.0. The smallest absolute Gasteiger partial charge is 0.377 e. The molecule has 1 amide bonds. The summed E-state index contributed by atoms with van der Waals surface area (Å²) in [6.45, 7) is 1.36. The highest BCUT2D eigenvalue weighted by Crippen LogP contribution is 2.34. The summed E-state index contributed by atoms with van der Waals surface area (Å²) in [6.07, 6.45) is -1.59. The van der Waals surface area contributed by atoms with Crippen molar-refractivity contribution in [3.05, 3.63) is 82.3 Å². The van der Waals surface area contributed by atoms with Gasteiger partial charge in [0, 0.05) is 11.6 Å². The van der Waals surface area contributed by atoms with E-state index in [4.69, 9.17) is 0 Å². The molecule has 3 aromatic heterocycles. The molecule has 3 N–H and O–H groups in total. The predicted molar refractivity (Wildman–Crippen MR) is 112 cm³/mol. The molecule has 0 aliphatic rings. The second-order valence-electron chi connectivity index (χ2n) is 7.05. The number of alkyl halides is 3. The molecule has 0 spiro atoms. The number of nitrogens with one attached hydrogen (secondary N) is 2. The molecule has 0 radical (unpaired) electrons. The Hall–Kier alpha value is -3.57. The van der Waals surface area contributed by atoms with Crippen LogP contribution >= 0.6 is 11.3 Å². The van der Waals surface area contributed by atoms with Gasteiger partial charge in [0.25, 0.3) is 5.91 Å². The van der Waals surface area contributed by atoms with Gasteiger partial charge in [-0.2, -0.15) is 13.2 Å². The topological polar surface area (TPSA) is 104 Å². The van der Waals surface area contributed by atoms with E-state index in [2.05, 4.69) is 25.3 Å². The normalized spacial score (nSPS) is 13.5. The van der Waals surface area contributed by atoms with E-state index in [0.717, 1.165) is 12.1 Å². The highest BCUT2D eigenvalue weighted by molar-refractivity contribution is 7.07. The molecule has 0 bridgehead atoms. The summed E-state index contributed by atoms with van der Waals surface area (Å²) in [5.74, 6) is -0.297. The fraction of sp³-hybridized carbons (Fsp3) is 0.143. The molecule has 3 heterocycles. The first-order valence-corrected chi connectivity index (χ1v) is 10.2. The lowest BCUT2D eigenvalue weighted by molar-refractivity contribution is -0.137. The fourth-order valence-electron chi connectivity index (χ4n) is 2.98. The minimum atomic E-state index is -4.53. The van der Waals surface area contributed by atoms with Crippen LogP contribution in [0.1, 0.15) is 34.4 Å². The van der Waals surface area contributed by atoms with Crippen LogP contribution in [0.5, 0.6) is 0 Å². The van der Waals surface area contributed by atoms with Gasteiger partial charge in [0.2, 0.25) is 0 Å². The molecule has 7 nitrogen and oxygen atoms in total.